The maximum absolute atomic E-state index is 8.92. The van der Waals surface area contributed by atoms with Crippen molar-refractivity contribution in [3.8, 4) is 6.07 Å². The molecule has 0 unspecified atom stereocenters. The molecule has 3 rings (SSSR count). The number of nitrogens with zero attached hydrogens (tertiary/aromatic N) is 1. The van der Waals surface area contributed by atoms with E-state index in [0.717, 1.165) is 25.1 Å². The van der Waals surface area contributed by atoms with Gasteiger partial charge in [-0.2, -0.15) is 5.26 Å². The first kappa shape index (κ1) is 10.8. The Balaban J connectivity index is 1.94. The fourth-order valence-corrected chi connectivity index (χ4v) is 2.86. The first-order valence-corrected chi connectivity index (χ1v) is 6.26. The van der Waals surface area contributed by atoms with E-state index in [4.69, 9.17) is 10.00 Å². The van der Waals surface area contributed by atoms with Crippen LogP contribution in [0.4, 0.5) is 0 Å². The van der Waals surface area contributed by atoms with Crippen molar-refractivity contribution in [2.45, 2.75) is 31.4 Å². The molecule has 3 nitrogen and oxygen atoms in total. The molecule has 1 aromatic carbocycles. The van der Waals surface area contributed by atoms with Crippen LogP contribution in [0.25, 0.3) is 0 Å². The average molecular weight is 228 g/mol. The normalized spacial score (nSPS) is 27.5. The summed E-state index contributed by atoms with van der Waals surface area (Å²) in [6.07, 6.45) is 3.52. The second kappa shape index (κ2) is 4.48. The smallest absolute Gasteiger partial charge is 0.0991 e. The zero-order valence-electron chi connectivity index (χ0n) is 9.78. The van der Waals surface area contributed by atoms with Crippen LogP contribution in [0.1, 0.15) is 35.6 Å². The van der Waals surface area contributed by atoms with Crippen molar-refractivity contribution in [2.75, 3.05) is 13.2 Å². The number of hydrogen-bond acceptors (Lipinski definition) is 3. The number of ether oxygens (including phenoxy) is 1. The van der Waals surface area contributed by atoms with Gasteiger partial charge in [0.05, 0.1) is 24.3 Å². The summed E-state index contributed by atoms with van der Waals surface area (Å²) in [7, 11) is 0. The van der Waals surface area contributed by atoms with Gasteiger partial charge in [-0.1, -0.05) is 6.07 Å². The summed E-state index contributed by atoms with van der Waals surface area (Å²) in [5, 5.41) is 12.4. The average Bonchev–Trinajstić information content (AvgIpc) is 2.91. The van der Waals surface area contributed by atoms with Gasteiger partial charge in [0.15, 0.2) is 0 Å². The molecule has 1 saturated heterocycles. The van der Waals surface area contributed by atoms with Gasteiger partial charge in [-0.3, -0.25) is 0 Å². The first-order valence-electron chi connectivity index (χ1n) is 6.26. The fraction of sp³-hybridized carbons (Fsp3) is 0.500. The largest absolute Gasteiger partial charge is 0.372 e. The van der Waals surface area contributed by atoms with Gasteiger partial charge in [0.1, 0.15) is 0 Å². The molecule has 0 amide bonds. The number of hydrogen-bond donors (Lipinski definition) is 1. The standard InChI is InChI=1S/C14H16N2O/c15-9-10-3-4-12-11(8-10)5-7-17-14(12)13-2-1-6-16-13/h3-4,8,13-14,16H,1-2,5-7H2/t13-,14+/m1/s1. The van der Waals surface area contributed by atoms with Crippen molar-refractivity contribution >= 4 is 0 Å². The molecule has 0 bridgehead atoms. The van der Waals surface area contributed by atoms with E-state index in [1.165, 1.54) is 24.0 Å². The third-order valence-electron chi connectivity index (χ3n) is 3.71. The van der Waals surface area contributed by atoms with Gasteiger partial charge in [-0.25, -0.2) is 0 Å². The summed E-state index contributed by atoms with van der Waals surface area (Å²) in [4.78, 5) is 0. The maximum atomic E-state index is 8.92. The lowest BCUT2D eigenvalue weighted by molar-refractivity contribution is 0.0199. The lowest BCUT2D eigenvalue weighted by Gasteiger charge is -2.30. The van der Waals surface area contributed by atoms with Gasteiger partial charge >= 0.3 is 0 Å². The summed E-state index contributed by atoms with van der Waals surface area (Å²) >= 11 is 0. The van der Waals surface area contributed by atoms with E-state index in [0.29, 0.717) is 6.04 Å². The minimum atomic E-state index is 0.175. The van der Waals surface area contributed by atoms with Crippen LogP contribution in [0.2, 0.25) is 0 Å². The van der Waals surface area contributed by atoms with Crippen LogP contribution in [-0.2, 0) is 11.2 Å². The fourth-order valence-electron chi connectivity index (χ4n) is 2.86. The molecule has 2 aliphatic heterocycles. The van der Waals surface area contributed by atoms with Gasteiger partial charge in [0.25, 0.3) is 0 Å². The molecule has 2 aliphatic rings. The highest BCUT2D eigenvalue weighted by Gasteiger charge is 2.30. The van der Waals surface area contributed by atoms with Crippen LogP contribution in [0.3, 0.4) is 0 Å². The number of rotatable bonds is 1. The molecule has 1 aromatic rings. The quantitative estimate of drug-likeness (QED) is 0.798. The van der Waals surface area contributed by atoms with E-state index < -0.39 is 0 Å². The minimum absolute atomic E-state index is 0.175. The van der Waals surface area contributed by atoms with Crippen molar-refractivity contribution in [3.63, 3.8) is 0 Å². The molecule has 1 N–H and O–H groups in total. The lowest BCUT2D eigenvalue weighted by atomic mass is 9.91. The Morgan fingerprint density at radius 1 is 1.41 bits per heavy atom. The molecule has 0 spiro atoms. The van der Waals surface area contributed by atoms with E-state index in [1.807, 2.05) is 12.1 Å². The first-order chi connectivity index (χ1) is 8.38. The maximum Gasteiger partial charge on any atom is 0.0991 e. The molecule has 2 atom stereocenters. The molecular formula is C14H16N2O. The van der Waals surface area contributed by atoms with Crippen LogP contribution in [0.15, 0.2) is 18.2 Å². The summed E-state index contributed by atoms with van der Waals surface area (Å²) in [6.45, 7) is 1.86. The van der Waals surface area contributed by atoms with E-state index >= 15 is 0 Å². The topological polar surface area (TPSA) is 45.0 Å². The predicted molar refractivity (Wildman–Crippen MR) is 64.6 cm³/mol. The Labute approximate surface area is 101 Å². The van der Waals surface area contributed by atoms with Crippen molar-refractivity contribution in [1.82, 2.24) is 5.32 Å². The molecule has 0 saturated carbocycles. The third-order valence-corrected chi connectivity index (χ3v) is 3.71. The van der Waals surface area contributed by atoms with Crippen LogP contribution in [-0.4, -0.2) is 19.2 Å². The van der Waals surface area contributed by atoms with Gasteiger partial charge in [0.2, 0.25) is 0 Å². The van der Waals surface area contributed by atoms with Crippen LogP contribution in [0, 0.1) is 11.3 Å². The molecule has 88 valence electrons. The minimum Gasteiger partial charge on any atom is -0.372 e. The van der Waals surface area contributed by atoms with E-state index in [-0.39, 0.29) is 6.10 Å². The van der Waals surface area contributed by atoms with Crippen molar-refractivity contribution < 1.29 is 4.74 Å². The highest BCUT2D eigenvalue weighted by atomic mass is 16.5. The molecule has 0 aromatic heterocycles. The van der Waals surface area contributed by atoms with Crippen LogP contribution in [0.5, 0.6) is 0 Å². The number of nitrogens with one attached hydrogen (secondary N) is 1. The van der Waals surface area contributed by atoms with Crippen LogP contribution < -0.4 is 5.32 Å². The van der Waals surface area contributed by atoms with Gasteiger partial charge < -0.3 is 10.1 Å². The Morgan fingerprint density at radius 3 is 3.12 bits per heavy atom. The summed E-state index contributed by atoms with van der Waals surface area (Å²) in [5.41, 5.74) is 3.31. The number of nitriles is 1. The van der Waals surface area contributed by atoms with E-state index in [9.17, 15) is 0 Å². The monoisotopic (exact) mass is 228 g/mol. The Hall–Kier alpha value is -1.37. The molecular weight excluding hydrogens is 212 g/mol. The Kier molecular flexibility index (Phi) is 2.84. The van der Waals surface area contributed by atoms with Crippen molar-refractivity contribution in [2.24, 2.45) is 0 Å². The van der Waals surface area contributed by atoms with Gasteiger partial charge in [-0.15, -0.1) is 0 Å². The second-order valence-corrected chi connectivity index (χ2v) is 4.77. The SMILES string of the molecule is N#Cc1ccc2c(c1)CCO[C@@H]2[C@H]1CCCN1. The second-order valence-electron chi connectivity index (χ2n) is 4.77. The molecule has 17 heavy (non-hydrogen) atoms. The van der Waals surface area contributed by atoms with Crippen molar-refractivity contribution in [3.05, 3.63) is 34.9 Å². The highest BCUT2D eigenvalue weighted by molar-refractivity contribution is 5.40. The van der Waals surface area contributed by atoms with E-state index in [1.54, 1.807) is 0 Å². The third kappa shape index (κ3) is 1.95. The number of benzene rings is 1. The van der Waals surface area contributed by atoms with Gasteiger partial charge in [-0.05, 0) is 49.1 Å². The Morgan fingerprint density at radius 2 is 2.35 bits per heavy atom. The highest BCUT2D eigenvalue weighted by Crippen LogP contribution is 2.33. The molecule has 3 heteroatoms. The summed E-state index contributed by atoms with van der Waals surface area (Å²) < 4.78 is 5.92. The lowest BCUT2D eigenvalue weighted by Crippen LogP contribution is -2.33. The molecule has 2 heterocycles. The van der Waals surface area contributed by atoms with Crippen molar-refractivity contribution in [1.29, 1.82) is 5.26 Å². The van der Waals surface area contributed by atoms with E-state index in [2.05, 4.69) is 17.5 Å². The molecule has 0 radical (unpaired) electrons. The number of fused-ring (bicyclic) bond motifs is 1. The summed E-state index contributed by atoms with van der Waals surface area (Å²) in [5.74, 6) is 0. The predicted octanol–water partition coefficient (Wildman–Crippen LogP) is 1.92. The van der Waals surface area contributed by atoms with Crippen LogP contribution >= 0.6 is 0 Å². The zero-order valence-corrected chi connectivity index (χ0v) is 9.78. The van der Waals surface area contributed by atoms with Gasteiger partial charge in [0, 0.05) is 6.04 Å². The molecule has 0 aliphatic carbocycles. The summed E-state index contributed by atoms with van der Waals surface area (Å²) in [6, 6.07) is 8.63. The zero-order chi connectivity index (χ0) is 11.7. The molecule has 1 fully saturated rings. The Bertz CT molecular complexity index is 458.